The van der Waals surface area contributed by atoms with Crippen LogP contribution in [0.15, 0.2) is 0 Å². The Morgan fingerprint density at radius 2 is 1.89 bits per heavy atom. The van der Waals surface area contributed by atoms with Crippen molar-refractivity contribution in [2.45, 2.75) is 64.5 Å². The van der Waals surface area contributed by atoms with Crippen LogP contribution in [0.5, 0.6) is 0 Å². The fourth-order valence-electron chi connectivity index (χ4n) is 3.99. The van der Waals surface area contributed by atoms with Crippen LogP contribution in [0.2, 0.25) is 0 Å². The molecule has 1 aliphatic heterocycles. The van der Waals surface area contributed by atoms with Gasteiger partial charge in [0.2, 0.25) is 0 Å². The van der Waals surface area contributed by atoms with Gasteiger partial charge in [0, 0.05) is 18.6 Å². The number of nitrogens with one attached hydrogen (secondary N) is 1. The third-order valence-corrected chi connectivity index (χ3v) is 5.76. The van der Waals surface area contributed by atoms with Crippen LogP contribution in [0.25, 0.3) is 0 Å². The van der Waals surface area contributed by atoms with Crippen molar-refractivity contribution in [3.05, 3.63) is 0 Å². The average Bonchev–Trinajstić information content (AvgIpc) is 3.11. The monoisotopic (exact) mass is 250 g/mol. The summed E-state index contributed by atoms with van der Waals surface area (Å²) in [6, 6.07) is 1.77. The SMILES string of the molecule is CC1CCCC(NCC2CCN(C3CC3)C2)C1C. The highest BCUT2D eigenvalue weighted by Crippen LogP contribution is 2.32. The molecule has 18 heavy (non-hydrogen) atoms. The zero-order valence-corrected chi connectivity index (χ0v) is 12.2. The summed E-state index contributed by atoms with van der Waals surface area (Å²) in [7, 11) is 0. The molecule has 3 fully saturated rings. The molecule has 0 radical (unpaired) electrons. The van der Waals surface area contributed by atoms with Crippen LogP contribution in [0, 0.1) is 17.8 Å². The fraction of sp³-hybridized carbons (Fsp3) is 1.00. The van der Waals surface area contributed by atoms with E-state index in [9.17, 15) is 0 Å². The lowest BCUT2D eigenvalue weighted by Gasteiger charge is -2.35. The van der Waals surface area contributed by atoms with Crippen molar-refractivity contribution >= 4 is 0 Å². The molecular weight excluding hydrogens is 220 g/mol. The van der Waals surface area contributed by atoms with Crippen LogP contribution < -0.4 is 5.32 Å². The first kappa shape index (κ1) is 12.9. The number of hydrogen-bond donors (Lipinski definition) is 1. The van der Waals surface area contributed by atoms with Crippen LogP contribution >= 0.6 is 0 Å². The Balaban J connectivity index is 1.41. The van der Waals surface area contributed by atoms with E-state index in [1.807, 2.05) is 0 Å². The summed E-state index contributed by atoms with van der Waals surface area (Å²) in [4.78, 5) is 2.74. The van der Waals surface area contributed by atoms with Gasteiger partial charge in [0.05, 0.1) is 0 Å². The normalized spacial score (nSPS) is 42.3. The lowest BCUT2D eigenvalue weighted by atomic mass is 9.78. The molecule has 0 aromatic rings. The lowest BCUT2D eigenvalue weighted by molar-refractivity contribution is 0.200. The molecule has 2 aliphatic carbocycles. The summed E-state index contributed by atoms with van der Waals surface area (Å²) in [5.74, 6) is 2.72. The van der Waals surface area contributed by atoms with Gasteiger partial charge >= 0.3 is 0 Å². The van der Waals surface area contributed by atoms with Crippen molar-refractivity contribution < 1.29 is 0 Å². The number of rotatable bonds is 4. The van der Waals surface area contributed by atoms with E-state index in [2.05, 4.69) is 24.1 Å². The molecule has 104 valence electrons. The topological polar surface area (TPSA) is 15.3 Å². The molecule has 2 heteroatoms. The number of hydrogen-bond acceptors (Lipinski definition) is 2. The van der Waals surface area contributed by atoms with Crippen molar-refractivity contribution in [3.8, 4) is 0 Å². The maximum Gasteiger partial charge on any atom is 0.00965 e. The Kier molecular flexibility index (Phi) is 3.95. The minimum atomic E-state index is 0.795. The van der Waals surface area contributed by atoms with Crippen molar-refractivity contribution in [3.63, 3.8) is 0 Å². The van der Waals surface area contributed by atoms with Crippen molar-refractivity contribution in [2.75, 3.05) is 19.6 Å². The predicted molar refractivity (Wildman–Crippen MR) is 76.7 cm³/mol. The molecule has 2 saturated carbocycles. The van der Waals surface area contributed by atoms with Crippen molar-refractivity contribution in [1.82, 2.24) is 10.2 Å². The molecular formula is C16H30N2. The van der Waals surface area contributed by atoms with Gasteiger partial charge in [0.25, 0.3) is 0 Å². The Morgan fingerprint density at radius 3 is 2.67 bits per heavy atom. The van der Waals surface area contributed by atoms with Gasteiger partial charge in [0.1, 0.15) is 0 Å². The van der Waals surface area contributed by atoms with Gasteiger partial charge in [-0.2, -0.15) is 0 Å². The lowest BCUT2D eigenvalue weighted by Crippen LogP contribution is -2.43. The Labute approximate surface area is 113 Å². The number of nitrogens with zero attached hydrogens (tertiary/aromatic N) is 1. The molecule has 3 aliphatic rings. The predicted octanol–water partition coefficient (Wildman–Crippen LogP) is 2.89. The van der Waals surface area contributed by atoms with Crippen LogP contribution in [0.1, 0.15) is 52.4 Å². The van der Waals surface area contributed by atoms with E-state index in [1.54, 1.807) is 0 Å². The van der Waals surface area contributed by atoms with Crippen molar-refractivity contribution in [1.29, 1.82) is 0 Å². The van der Waals surface area contributed by atoms with Gasteiger partial charge in [-0.3, -0.25) is 0 Å². The van der Waals surface area contributed by atoms with Crippen molar-refractivity contribution in [2.24, 2.45) is 17.8 Å². The summed E-state index contributed by atoms with van der Waals surface area (Å²) < 4.78 is 0. The second-order valence-electron chi connectivity index (χ2n) is 7.16. The second kappa shape index (κ2) is 5.50. The highest BCUT2D eigenvalue weighted by atomic mass is 15.2. The van der Waals surface area contributed by atoms with E-state index in [1.165, 1.54) is 58.2 Å². The van der Waals surface area contributed by atoms with E-state index in [4.69, 9.17) is 0 Å². The average molecular weight is 250 g/mol. The van der Waals surface area contributed by atoms with E-state index in [0.29, 0.717) is 0 Å². The highest BCUT2D eigenvalue weighted by molar-refractivity contribution is 4.91. The fourth-order valence-corrected chi connectivity index (χ4v) is 3.99. The van der Waals surface area contributed by atoms with Gasteiger partial charge < -0.3 is 10.2 Å². The summed E-state index contributed by atoms with van der Waals surface area (Å²) >= 11 is 0. The molecule has 2 nitrogen and oxygen atoms in total. The Hall–Kier alpha value is -0.0800. The second-order valence-corrected chi connectivity index (χ2v) is 7.16. The van der Waals surface area contributed by atoms with E-state index in [-0.39, 0.29) is 0 Å². The minimum absolute atomic E-state index is 0.795. The van der Waals surface area contributed by atoms with Crippen LogP contribution in [0.4, 0.5) is 0 Å². The minimum Gasteiger partial charge on any atom is -0.313 e. The zero-order chi connectivity index (χ0) is 12.5. The van der Waals surface area contributed by atoms with Gasteiger partial charge in [0.15, 0.2) is 0 Å². The summed E-state index contributed by atoms with van der Waals surface area (Å²) in [6.07, 6.45) is 8.65. The molecule has 0 aromatic heterocycles. The highest BCUT2D eigenvalue weighted by Gasteiger charge is 2.34. The van der Waals surface area contributed by atoms with Gasteiger partial charge in [-0.05, 0) is 56.5 Å². The number of likely N-dealkylation sites (tertiary alicyclic amines) is 1. The zero-order valence-electron chi connectivity index (χ0n) is 12.2. The van der Waals surface area contributed by atoms with Crippen LogP contribution in [-0.2, 0) is 0 Å². The van der Waals surface area contributed by atoms with E-state index in [0.717, 1.165) is 29.8 Å². The molecule has 1 N–H and O–H groups in total. The maximum atomic E-state index is 3.90. The summed E-state index contributed by atoms with van der Waals surface area (Å²) in [5.41, 5.74) is 0. The van der Waals surface area contributed by atoms with Gasteiger partial charge in [-0.25, -0.2) is 0 Å². The Morgan fingerprint density at radius 1 is 1.06 bits per heavy atom. The molecule has 1 heterocycles. The molecule has 0 bridgehead atoms. The van der Waals surface area contributed by atoms with Gasteiger partial charge in [-0.15, -0.1) is 0 Å². The first-order valence-electron chi connectivity index (χ1n) is 8.21. The quantitative estimate of drug-likeness (QED) is 0.825. The smallest absolute Gasteiger partial charge is 0.00965 e. The van der Waals surface area contributed by atoms with E-state index < -0.39 is 0 Å². The molecule has 0 aromatic carbocycles. The molecule has 0 spiro atoms. The van der Waals surface area contributed by atoms with Crippen LogP contribution in [0.3, 0.4) is 0 Å². The summed E-state index contributed by atoms with van der Waals surface area (Å²) in [6.45, 7) is 8.89. The molecule has 1 saturated heterocycles. The largest absolute Gasteiger partial charge is 0.313 e. The van der Waals surface area contributed by atoms with Crippen LogP contribution in [-0.4, -0.2) is 36.6 Å². The first-order chi connectivity index (χ1) is 8.74. The molecule has 4 atom stereocenters. The molecule has 0 amide bonds. The van der Waals surface area contributed by atoms with Gasteiger partial charge in [-0.1, -0.05) is 26.7 Å². The standard InChI is InChI=1S/C16H30N2/c1-12-4-3-5-16(13(12)2)17-10-14-8-9-18(11-14)15-6-7-15/h12-17H,3-11H2,1-2H3. The molecule has 4 unspecified atom stereocenters. The summed E-state index contributed by atoms with van der Waals surface area (Å²) in [5, 5.41) is 3.90. The third-order valence-electron chi connectivity index (χ3n) is 5.76. The Bertz CT molecular complexity index is 274. The molecule has 3 rings (SSSR count). The first-order valence-corrected chi connectivity index (χ1v) is 8.21. The third kappa shape index (κ3) is 2.91. The van der Waals surface area contributed by atoms with E-state index >= 15 is 0 Å². The maximum absolute atomic E-state index is 3.90.